The molecule has 4 nitrogen and oxygen atoms in total. The van der Waals surface area contributed by atoms with Crippen LogP contribution < -0.4 is 5.46 Å². The molecule has 2 aliphatic heterocycles. The molecule has 3 rings (SSSR count). The number of benzene rings is 1. The van der Waals surface area contributed by atoms with Gasteiger partial charge in [-0.15, -0.1) is 0 Å². The molecule has 21 heavy (non-hydrogen) atoms. The summed E-state index contributed by atoms with van der Waals surface area (Å²) in [5.41, 5.74) is 0.887. The maximum atomic E-state index is 13.5. The number of fused-ring (bicyclic) bond motifs is 1. The quantitative estimate of drug-likeness (QED) is 0.780. The zero-order valence-corrected chi connectivity index (χ0v) is 12.4. The van der Waals surface area contributed by atoms with Gasteiger partial charge in [-0.2, -0.15) is 0 Å². The van der Waals surface area contributed by atoms with Crippen LogP contribution in [0.2, 0.25) is 0 Å². The summed E-state index contributed by atoms with van der Waals surface area (Å²) in [6, 6.07) is 5.72. The minimum Gasteiger partial charge on any atom is -0.423 e. The van der Waals surface area contributed by atoms with Crippen molar-refractivity contribution in [1.29, 1.82) is 0 Å². The van der Waals surface area contributed by atoms with E-state index in [1.165, 1.54) is 25.5 Å². The highest BCUT2D eigenvalue weighted by atomic mass is 19.1. The number of rotatable bonds is 3. The molecule has 0 aromatic heterocycles. The standard InChI is InChI=1S/C15H22BFN2O2/c1-11-8-18-6-2-3-13(18)10-19(11)9-12-4-5-15(17)14(7-12)16(20)21/h4-5,7,11,13,20-21H,2-3,6,8-10H2,1H3. The van der Waals surface area contributed by atoms with E-state index in [1.807, 2.05) is 0 Å². The molecular formula is C15H22BFN2O2. The SMILES string of the molecule is CC1CN2CCCC2CN1Cc1ccc(F)c(B(O)O)c1. The summed E-state index contributed by atoms with van der Waals surface area (Å²) in [7, 11) is -1.76. The highest BCUT2D eigenvalue weighted by molar-refractivity contribution is 6.58. The van der Waals surface area contributed by atoms with Gasteiger partial charge in [0.2, 0.25) is 0 Å². The van der Waals surface area contributed by atoms with Crippen molar-refractivity contribution in [1.82, 2.24) is 9.80 Å². The Bertz CT molecular complexity index is 514. The number of hydrogen-bond acceptors (Lipinski definition) is 4. The molecule has 2 aliphatic rings. The summed E-state index contributed by atoms with van der Waals surface area (Å²) >= 11 is 0. The summed E-state index contributed by atoms with van der Waals surface area (Å²) in [6.45, 7) is 6.28. The van der Waals surface area contributed by atoms with Gasteiger partial charge >= 0.3 is 7.12 Å². The average molecular weight is 292 g/mol. The molecule has 0 bridgehead atoms. The van der Waals surface area contributed by atoms with Crippen LogP contribution in [0.3, 0.4) is 0 Å². The van der Waals surface area contributed by atoms with Crippen LogP contribution in [0.15, 0.2) is 18.2 Å². The van der Waals surface area contributed by atoms with Gasteiger partial charge in [-0.05, 0) is 37.9 Å². The van der Waals surface area contributed by atoms with Crippen molar-refractivity contribution in [2.24, 2.45) is 0 Å². The van der Waals surface area contributed by atoms with Crippen LogP contribution in [0.25, 0.3) is 0 Å². The van der Waals surface area contributed by atoms with Crippen LogP contribution >= 0.6 is 0 Å². The van der Waals surface area contributed by atoms with Crippen molar-refractivity contribution in [2.45, 2.75) is 38.4 Å². The summed E-state index contributed by atoms with van der Waals surface area (Å²) < 4.78 is 13.5. The highest BCUT2D eigenvalue weighted by Crippen LogP contribution is 2.25. The van der Waals surface area contributed by atoms with E-state index in [1.54, 1.807) is 12.1 Å². The summed E-state index contributed by atoms with van der Waals surface area (Å²) in [5, 5.41) is 18.4. The van der Waals surface area contributed by atoms with Gasteiger partial charge in [0.05, 0.1) is 0 Å². The zero-order valence-electron chi connectivity index (χ0n) is 12.4. The van der Waals surface area contributed by atoms with E-state index in [2.05, 4.69) is 16.7 Å². The molecule has 0 radical (unpaired) electrons. The van der Waals surface area contributed by atoms with Gasteiger partial charge in [-0.1, -0.05) is 12.1 Å². The van der Waals surface area contributed by atoms with E-state index in [0.717, 1.165) is 25.2 Å². The second-order valence-corrected chi connectivity index (χ2v) is 6.30. The van der Waals surface area contributed by atoms with Crippen molar-refractivity contribution in [3.05, 3.63) is 29.6 Å². The zero-order chi connectivity index (χ0) is 15.0. The second kappa shape index (κ2) is 6.05. The third-order valence-corrected chi connectivity index (χ3v) is 4.79. The van der Waals surface area contributed by atoms with Crippen LogP contribution in [0.1, 0.15) is 25.3 Å². The van der Waals surface area contributed by atoms with E-state index < -0.39 is 12.9 Å². The third kappa shape index (κ3) is 3.13. The van der Waals surface area contributed by atoms with E-state index in [0.29, 0.717) is 12.1 Å². The molecule has 1 aromatic carbocycles. The Hall–Kier alpha value is -0.945. The minimum atomic E-state index is -1.76. The van der Waals surface area contributed by atoms with E-state index >= 15 is 0 Å². The number of nitrogens with zero attached hydrogens (tertiary/aromatic N) is 2. The Morgan fingerprint density at radius 3 is 2.90 bits per heavy atom. The predicted octanol–water partition coefficient (Wildman–Crippen LogP) is 0.174. The van der Waals surface area contributed by atoms with Crippen LogP contribution in [-0.2, 0) is 6.54 Å². The van der Waals surface area contributed by atoms with E-state index in [9.17, 15) is 14.4 Å². The fourth-order valence-electron chi connectivity index (χ4n) is 3.59. The van der Waals surface area contributed by atoms with Crippen LogP contribution in [0, 0.1) is 5.82 Å². The fraction of sp³-hybridized carbons (Fsp3) is 0.600. The van der Waals surface area contributed by atoms with E-state index in [-0.39, 0.29) is 5.46 Å². The van der Waals surface area contributed by atoms with Gasteiger partial charge in [0.15, 0.2) is 0 Å². The Morgan fingerprint density at radius 2 is 2.14 bits per heavy atom. The first-order chi connectivity index (χ1) is 10.0. The molecule has 2 saturated heterocycles. The van der Waals surface area contributed by atoms with Crippen molar-refractivity contribution in [3.63, 3.8) is 0 Å². The lowest BCUT2D eigenvalue weighted by Crippen LogP contribution is -2.54. The van der Waals surface area contributed by atoms with E-state index in [4.69, 9.17) is 0 Å². The molecule has 1 aromatic rings. The fourth-order valence-corrected chi connectivity index (χ4v) is 3.59. The molecule has 0 saturated carbocycles. The molecule has 2 heterocycles. The number of halogens is 1. The number of hydrogen-bond donors (Lipinski definition) is 2. The van der Waals surface area contributed by atoms with Gasteiger partial charge in [-0.25, -0.2) is 4.39 Å². The monoisotopic (exact) mass is 292 g/mol. The van der Waals surface area contributed by atoms with Gasteiger partial charge in [0.25, 0.3) is 0 Å². The van der Waals surface area contributed by atoms with Gasteiger partial charge < -0.3 is 10.0 Å². The molecule has 2 N–H and O–H groups in total. The normalized spacial score (nSPS) is 26.9. The molecule has 2 unspecified atom stereocenters. The minimum absolute atomic E-state index is 0.0420. The topological polar surface area (TPSA) is 46.9 Å². The molecule has 0 aliphatic carbocycles. The molecular weight excluding hydrogens is 270 g/mol. The Morgan fingerprint density at radius 1 is 1.33 bits per heavy atom. The third-order valence-electron chi connectivity index (χ3n) is 4.79. The Balaban J connectivity index is 1.72. The first kappa shape index (κ1) is 15.0. The first-order valence-electron chi connectivity index (χ1n) is 7.67. The summed E-state index contributed by atoms with van der Waals surface area (Å²) in [5.74, 6) is -0.567. The number of piperazine rings is 1. The molecule has 0 spiro atoms. The lowest BCUT2D eigenvalue weighted by atomic mass is 9.79. The highest BCUT2D eigenvalue weighted by Gasteiger charge is 2.34. The molecule has 2 fully saturated rings. The predicted molar refractivity (Wildman–Crippen MR) is 80.7 cm³/mol. The lowest BCUT2D eigenvalue weighted by molar-refractivity contribution is 0.0540. The van der Waals surface area contributed by atoms with Gasteiger partial charge in [-0.3, -0.25) is 9.80 Å². The lowest BCUT2D eigenvalue weighted by Gasteiger charge is -2.42. The maximum Gasteiger partial charge on any atom is 0.491 e. The van der Waals surface area contributed by atoms with Gasteiger partial charge in [0.1, 0.15) is 5.82 Å². The largest absolute Gasteiger partial charge is 0.491 e. The molecule has 6 heteroatoms. The first-order valence-corrected chi connectivity index (χ1v) is 7.67. The average Bonchev–Trinajstić information content (AvgIpc) is 2.88. The van der Waals surface area contributed by atoms with Crippen LogP contribution in [0.4, 0.5) is 4.39 Å². The Labute approximate surface area is 125 Å². The van der Waals surface area contributed by atoms with Crippen molar-refractivity contribution < 1.29 is 14.4 Å². The van der Waals surface area contributed by atoms with Gasteiger partial charge in [0, 0.05) is 37.2 Å². The van der Waals surface area contributed by atoms with Crippen LogP contribution in [-0.4, -0.2) is 58.7 Å². The van der Waals surface area contributed by atoms with Crippen molar-refractivity contribution in [2.75, 3.05) is 19.6 Å². The van der Waals surface area contributed by atoms with Crippen molar-refractivity contribution in [3.8, 4) is 0 Å². The maximum absolute atomic E-state index is 13.5. The summed E-state index contributed by atoms with van der Waals surface area (Å²) in [4.78, 5) is 4.97. The molecule has 0 amide bonds. The van der Waals surface area contributed by atoms with Crippen LogP contribution in [0.5, 0.6) is 0 Å². The summed E-state index contributed by atoms with van der Waals surface area (Å²) in [6.07, 6.45) is 2.54. The smallest absolute Gasteiger partial charge is 0.423 e. The Kier molecular flexibility index (Phi) is 4.31. The van der Waals surface area contributed by atoms with Crippen molar-refractivity contribution >= 4 is 12.6 Å². The second-order valence-electron chi connectivity index (χ2n) is 6.30. The molecule has 2 atom stereocenters. The molecule has 114 valence electrons.